The molecule has 14 nitrogen and oxygen atoms in total. The summed E-state index contributed by atoms with van der Waals surface area (Å²) >= 11 is 13.2. The number of aliphatic carboxylic acids is 1. The highest BCUT2D eigenvalue weighted by atomic mass is 35.5. The zero-order valence-electron chi connectivity index (χ0n) is 36.0. The number of nitrogens with one attached hydrogen (secondary N) is 1. The number of aryl methyl sites for hydroxylation is 1. The number of carbonyl (C=O) groups is 2. The minimum absolute atomic E-state index is 0.00521. The van der Waals surface area contributed by atoms with Crippen LogP contribution in [0.5, 0.6) is 17.2 Å². The molecule has 6 aromatic rings. The molecule has 18 heteroatoms. The van der Waals surface area contributed by atoms with Gasteiger partial charge < -0.3 is 34.3 Å². The smallest absolute Gasteiger partial charge is 0.326 e. The van der Waals surface area contributed by atoms with Crippen molar-refractivity contribution in [3.05, 3.63) is 152 Å². The average Bonchev–Trinajstić information content (AvgIpc) is 3.75. The lowest BCUT2D eigenvalue weighted by Gasteiger charge is -2.36. The molecule has 344 valence electrons. The van der Waals surface area contributed by atoms with E-state index in [2.05, 4.69) is 16.4 Å². The fraction of sp³-hybridized carbons (Fsp3) is 0.265. The molecule has 1 saturated heterocycles. The monoisotopic (exact) mass is 979 g/mol. The average molecular weight is 981 g/mol. The molecule has 5 aromatic carbocycles. The van der Waals surface area contributed by atoms with Crippen LogP contribution in [-0.2, 0) is 50.3 Å². The van der Waals surface area contributed by atoms with E-state index in [0.717, 1.165) is 37.9 Å². The summed E-state index contributed by atoms with van der Waals surface area (Å²) in [5.74, 6) is -0.546. The lowest BCUT2D eigenvalue weighted by atomic mass is 9.94. The molecular weight excluding hydrogens is 938 g/mol. The van der Waals surface area contributed by atoms with Crippen LogP contribution in [0.15, 0.2) is 107 Å². The second kappa shape index (κ2) is 19.6. The van der Waals surface area contributed by atoms with Crippen molar-refractivity contribution in [1.29, 1.82) is 5.26 Å². The molecule has 1 fully saturated rings. The lowest BCUT2D eigenvalue weighted by molar-refractivity contribution is -0.142. The van der Waals surface area contributed by atoms with Gasteiger partial charge in [0.05, 0.1) is 40.6 Å². The SMILES string of the molecule is Cc1nc(N2CCOCC2)sc1S(=O)(=O)N1Cc2cc3c(cc2C[C@H]1C(=O)N[C@@H](Cc1ccc(-c2ccc(C#N)cc2)cc1)C(=O)O)OCC(c1ccc(OCc2ccc(Cl)c(Cl)c2)cc1)O3. The maximum Gasteiger partial charge on any atom is 0.326 e. The predicted molar refractivity (Wildman–Crippen MR) is 253 cm³/mol. The van der Waals surface area contributed by atoms with Gasteiger partial charge in [-0.3, -0.25) is 4.79 Å². The van der Waals surface area contributed by atoms with E-state index in [1.165, 1.54) is 0 Å². The van der Waals surface area contributed by atoms with Crippen molar-refractivity contribution in [2.45, 2.75) is 55.3 Å². The van der Waals surface area contributed by atoms with Crippen LogP contribution in [0.2, 0.25) is 10.0 Å². The summed E-state index contributed by atoms with van der Waals surface area (Å²) in [7, 11) is -4.39. The fourth-order valence-corrected chi connectivity index (χ4v) is 11.8. The molecule has 3 atom stereocenters. The van der Waals surface area contributed by atoms with Crippen LogP contribution < -0.4 is 24.4 Å². The number of thiazole rings is 1. The van der Waals surface area contributed by atoms with Crippen LogP contribution in [0, 0.1) is 18.3 Å². The Balaban J connectivity index is 0.957. The summed E-state index contributed by atoms with van der Waals surface area (Å²) in [6.07, 6.45) is -0.616. The summed E-state index contributed by atoms with van der Waals surface area (Å²) in [6, 6.07) is 30.0. The molecule has 1 unspecified atom stereocenters. The molecule has 0 aliphatic carbocycles. The molecule has 3 aliphatic heterocycles. The number of rotatable bonds is 13. The third-order valence-electron chi connectivity index (χ3n) is 11.9. The molecule has 1 amide bonds. The van der Waals surface area contributed by atoms with E-state index in [9.17, 15) is 23.1 Å². The highest BCUT2D eigenvalue weighted by molar-refractivity contribution is 7.91. The quantitative estimate of drug-likeness (QED) is 0.114. The summed E-state index contributed by atoms with van der Waals surface area (Å²) in [6.45, 7) is 3.97. The summed E-state index contributed by atoms with van der Waals surface area (Å²) in [4.78, 5) is 33.8. The second-order valence-electron chi connectivity index (χ2n) is 16.3. The number of aromatic nitrogens is 1. The molecule has 0 radical (unpaired) electrons. The van der Waals surface area contributed by atoms with Crippen LogP contribution in [-0.4, -0.2) is 79.7 Å². The Labute approximate surface area is 401 Å². The third-order valence-corrected chi connectivity index (χ3v) is 16.3. The van der Waals surface area contributed by atoms with Gasteiger partial charge in [0.1, 0.15) is 31.0 Å². The number of carboxylic acids is 1. The predicted octanol–water partition coefficient (Wildman–Crippen LogP) is 8.15. The van der Waals surface area contributed by atoms with Gasteiger partial charge in [0.25, 0.3) is 10.0 Å². The first kappa shape index (κ1) is 45.9. The molecule has 0 bridgehead atoms. The van der Waals surface area contributed by atoms with Gasteiger partial charge in [0.2, 0.25) is 5.91 Å². The van der Waals surface area contributed by atoms with Gasteiger partial charge in [0, 0.05) is 26.1 Å². The van der Waals surface area contributed by atoms with Crippen molar-refractivity contribution in [2.75, 3.05) is 37.8 Å². The van der Waals surface area contributed by atoms with Crippen molar-refractivity contribution in [2.24, 2.45) is 0 Å². The van der Waals surface area contributed by atoms with Crippen LogP contribution in [0.4, 0.5) is 5.13 Å². The van der Waals surface area contributed by atoms with Gasteiger partial charge in [-0.15, -0.1) is 0 Å². The Kier molecular flexibility index (Phi) is 13.4. The first-order chi connectivity index (χ1) is 32.3. The fourth-order valence-electron chi connectivity index (χ4n) is 8.22. The molecule has 9 rings (SSSR count). The molecule has 67 heavy (non-hydrogen) atoms. The highest BCUT2D eigenvalue weighted by Gasteiger charge is 2.43. The lowest BCUT2D eigenvalue weighted by Crippen LogP contribution is -2.55. The number of halogens is 2. The number of hydrogen-bond acceptors (Lipinski definition) is 12. The van der Waals surface area contributed by atoms with Crippen molar-refractivity contribution < 1.29 is 42.1 Å². The van der Waals surface area contributed by atoms with Gasteiger partial charge in [0.15, 0.2) is 26.9 Å². The summed E-state index contributed by atoms with van der Waals surface area (Å²) in [5, 5.41) is 23.7. The minimum Gasteiger partial charge on any atom is -0.489 e. The number of sulfonamides is 1. The van der Waals surface area contributed by atoms with Gasteiger partial charge in [-0.1, -0.05) is 89.1 Å². The van der Waals surface area contributed by atoms with Crippen molar-refractivity contribution in [3.63, 3.8) is 0 Å². The Bertz CT molecular complexity index is 2980. The van der Waals surface area contributed by atoms with E-state index in [4.69, 9.17) is 47.4 Å². The van der Waals surface area contributed by atoms with Crippen LogP contribution >= 0.6 is 34.5 Å². The minimum atomic E-state index is -4.39. The normalized spacial score (nSPS) is 17.5. The largest absolute Gasteiger partial charge is 0.489 e. The Morgan fingerprint density at radius 2 is 1.61 bits per heavy atom. The molecule has 1 aromatic heterocycles. The Hall–Kier alpha value is -6.19. The number of anilines is 1. The number of hydrogen-bond donors (Lipinski definition) is 2. The van der Waals surface area contributed by atoms with E-state index in [1.807, 2.05) is 59.5 Å². The van der Waals surface area contributed by atoms with Crippen LogP contribution in [0.25, 0.3) is 11.1 Å². The molecular formula is C49H43Cl2N5O9S2. The van der Waals surface area contributed by atoms with Crippen LogP contribution in [0.3, 0.4) is 0 Å². The number of nitrogens with zero attached hydrogens (tertiary/aromatic N) is 4. The highest BCUT2D eigenvalue weighted by Crippen LogP contribution is 2.43. The maximum atomic E-state index is 14.9. The van der Waals surface area contributed by atoms with E-state index < -0.39 is 40.1 Å². The number of nitriles is 1. The first-order valence-electron chi connectivity index (χ1n) is 21.4. The molecule has 2 N–H and O–H groups in total. The van der Waals surface area contributed by atoms with Crippen molar-refractivity contribution >= 4 is 61.6 Å². The standard InChI is InChI=1S/C49H43Cl2N5O9S2/c1-29-48(66-49(53-29)55-16-18-62-19-17-55)67(60,61)56-26-37-24-44-43(64-28-45(65-44)35-11-13-38(14-12-35)63-27-32-6-15-39(50)40(51)20-32)23-36(37)22-42(56)46(57)54-41(47(58)59)21-30-2-7-33(8-3-30)34-9-4-31(25-52)5-10-34/h2-15,20,23-24,41-42,45H,16-19,21-22,26-28H2,1H3,(H,54,57)(H,58,59)/t41-,42-,45?/m0/s1. The van der Waals surface area contributed by atoms with Crippen molar-refractivity contribution in [1.82, 2.24) is 14.6 Å². The van der Waals surface area contributed by atoms with Gasteiger partial charge in [-0.05, 0) is 101 Å². The van der Waals surface area contributed by atoms with Gasteiger partial charge >= 0.3 is 5.97 Å². The molecule has 3 aliphatic rings. The number of amides is 1. The topological polar surface area (TPSA) is 181 Å². The summed E-state index contributed by atoms with van der Waals surface area (Å²) in [5.41, 5.74) is 6.19. The number of benzene rings is 5. The third kappa shape index (κ3) is 10.1. The zero-order valence-corrected chi connectivity index (χ0v) is 39.1. The molecule has 0 saturated carbocycles. The maximum absolute atomic E-state index is 14.9. The zero-order chi connectivity index (χ0) is 46.8. The van der Waals surface area contributed by atoms with Crippen LogP contribution in [0.1, 0.15) is 45.2 Å². The number of ether oxygens (including phenoxy) is 4. The van der Waals surface area contributed by atoms with Crippen molar-refractivity contribution in [3.8, 4) is 34.4 Å². The van der Waals surface area contributed by atoms with Gasteiger partial charge in [-0.25, -0.2) is 18.2 Å². The Morgan fingerprint density at radius 1 is 0.925 bits per heavy atom. The van der Waals surface area contributed by atoms with E-state index >= 15 is 0 Å². The molecule has 4 heterocycles. The second-order valence-corrected chi connectivity index (χ2v) is 20.2. The number of fused-ring (bicyclic) bond motifs is 2. The van der Waals surface area contributed by atoms with E-state index in [-0.39, 0.29) is 30.2 Å². The van der Waals surface area contributed by atoms with E-state index in [0.29, 0.717) is 93.3 Å². The Morgan fingerprint density at radius 3 is 2.30 bits per heavy atom. The number of carboxylic acid groups (broad SMARTS) is 1. The van der Waals surface area contributed by atoms with E-state index in [1.54, 1.807) is 55.5 Å². The number of morpholine rings is 1. The summed E-state index contributed by atoms with van der Waals surface area (Å²) < 4.78 is 55.1. The number of carbonyl (C=O) groups excluding carboxylic acids is 1. The van der Waals surface area contributed by atoms with Gasteiger partial charge in [-0.2, -0.15) is 9.57 Å². The molecule has 0 spiro atoms. The first-order valence-corrected chi connectivity index (χ1v) is 24.4.